The van der Waals surface area contributed by atoms with Crippen LogP contribution in [-0.4, -0.2) is 58.9 Å². The molecule has 1 aliphatic rings. The van der Waals surface area contributed by atoms with Gasteiger partial charge < -0.3 is 15.0 Å². The van der Waals surface area contributed by atoms with Crippen LogP contribution in [0.1, 0.15) is 5.69 Å². The van der Waals surface area contributed by atoms with Crippen LogP contribution in [0.5, 0.6) is 0 Å². The van der Waals surface area contributed by atoms with Gasteiger partial charge in [-0.15, -0.1) is 0 Å². The Morgan fingerprint density at radius 3 is 2.71 bits per heavy atom. The predicted molar refractivity (Wildman–Crippen MR) is 100 cm³/mol. The van der Waals surface area contributed by atoms with Crippen molar-refractivity contribution in [3.05, 3.63) is 24.2 Å². The Balaban J connectivity index is 1.66. The Labute approximate surface area is 161 Å². The van der Waals surface area contributed by atoms with Crippen molar-refractivity contribution in [2.75, 3.05) is 13.2 Å². The standard InChI is InChI=1S/C17H24F3N5O2Si/c1-28(2,3)7-6-27-11-25-10-21-13-5-4-12(22-15(13)25)8-24-9-14(17(18,19)20)23-16(24)26/h4-5,10,14H,6-9,11H2,1-3H3,(H,23,26). The van der Waals surface area contributed by atoms with E-state index in [-0.39, 0.29) is 6.54 Å². The Morgan fingerprint density at radius 1 is 1.32 bits per heavy atom. The molecular formula is C17H24F3N5O2Si. The van der Waals surface area contributed by atoms with Gasteiger partial charge in [0.2, 0.25) is 0 Å². The van der Waals surface area contributed by atoms with E-state index >= 15 is 0 Å². The predicted octanol–water partition coefficient (Wildman–Crippen LogP) is 3.20. The number of nitrogens with zero attached hydrogens (tertiary/aromatic N) is 4. The number of aromatic nitrogens is 3. The number of fused-ring (bicyclic) bond motifs is 1. The van der Waals surface area contributed by atoms with Crippen LogP contribution in [0.3, 0.4) is 0 Å². The average Bonchev–Trinajstić information content (AvgIpc) is 3.14. The second-order valence-electron chi connectivity index (χ2n) is 8.13. The molecule has 0 bridgehead atoms. The summed E-state index contributed by atoms with van der Waals surface area (Å²) in [7, 11) is -1.18. The molecule has 3 rings (SSSR count). The molecule has 154 valence electrons. The first-order valence-corrected chi connectivity index (χ1v) is 12.7. The van der Waals surface area contributed by atoms with Crippen molar-refractivity contribution < 1.29 is 22.7 Å². The van der Waals surface area contributed by atoms with E-state index in [0.717, 1.165) is 10.9 Å². The van der Waals surface area contributed by atoms with Gasteiger partial charge in [0.15, 0.2) is 5.65 Å². The number of hydrogen-bond acceptors (Lipinski definition) is 4. The zero-order chi connectivity index (χ0) is 20.5. The van der Waals surface area contributed by atoms with Crippen molar-refractivity contribution in [2.45, 2.75) is 51.2 Å². The maximum absolute atomic E-state index is 12.8. The molecule has 2 amide bonds. The molecule has 1 fully saturated rings. The number of carbonyl (C=O) groups excluding carboxylic acids is 1. The lowest BCUT2D eigenvalue weighted by Crippen LogP contribution is -2.40. The summed E-state index contributed by atoms with van der Waals surface area (Å²) < 4.78 is 45.9. The topological polar surface area (TPSA) is 72.3 Å². The van der Waals surface area contributed by atoms with Gasteiger partial charge in [0.05, 0.1) is 25.1 Å². The van der Waals surface area contributed by atoms with Gasteiger partial charge >= 0.3 is 12.2 Å². The molecule has 1 atom stereocenters. The van der Waals surface area contributed by atoms with Gasteiger partial charge in [-0.3, -0.25) is 4.57 Å². The quantitative estimate of drug-likeness (QED) is 0.557. The first-order valence-electron chi connectivity index (χ1n) is 9.03. The fraction of sp³-hybridized carbons (Fsp3) is 0.588. The number of imidazole rings is 1. The maximum atomic E-state index is 12.8. The van der Waals surface area contributed by atoms with Gasteiger partial charge in [-0.1, -0.05) is 19.6 Å². The third kappa shape index (κ3) is 5.01. The molecule has 7 nitrogen and oxygen atoms in total. The number of amides is 2. The normalized spacial score (nSPS) is 18.1. The second-order valence-corrected chi connectivity index (χ2v) is 13.8. The van der Waals surface area contributed by atoms with Crippen LogP contribution in [0.15, 0.2) is 18.5 Å². The van der Waals surface area contributed by atoms with E-state index in [1.54, 1.807) is 23.0 Å². The molecule has 2 aromatic heterocycles. The zero-order valence-corrected chi connectivity index (χ0v) is 17.1. The Kier molecular flexibility index (Phi) is 5.66. The van der Waals surface area contributed by atoms with Gasteiger partial charge in [-0.05, 0) is 18.2 Å². The molecule has 3 heterocycles. The molecule has 28 heavy (non-hydrogen) atoms. The van der Waals surface area contributed by atoms with Crippen LogP contribution >= 0.6 is 0 Å². The minimum absolute atomic E-state index is 0.00395. The molecular weight excluding hydrogens is 391 g/mol. The number of rotatable bonds is 7. The van der Waals surface area contributed by atoms with Crippen LogP contribution in [0.4, 0.5) is 18.0 Å². The van der Waals surface area contributed by atoms with Gasteiger partial charge in [-0.25, -0.2) is 14.8 Å². The van der Waals surface area contributed by atoms with Crippen molar-refractivity contribution in [1.82, 2.24) is 24.8 Å². The molecule has 1 aliphatic heterocycles. The van der Waals surface area contributed by atoms with Crippen molar-refractivity contribution in [3.8, 4) is 0 Å². The van der Waals surface area contributed by atoms with E-state index in [0.29, 0.717) is 30.2 Å². The van der Waals surface area contributed by atoms with E-state index in [9.17, 15) is 18.0 Å². The first kappa shape index (κ1) is 20.6. The van der Waals surface area contributed by atoms with E-state index < -0.39 is 32.9 Å². The highest BCUT2D eigenvalue weighted by molar-refractivity contribution is 6.76. The van der Waals surface area contributed by atoms with Crippen molar-refractivity contribution in [3.63, 3.8) is 0 Å². The minimum Gasteiger partial charge on any atom is -0.361 e. The molecule has 11 heteroatoms. The van der Waals surface area contributed by atoms with Crippen LogP contribution < -0.4 is 5.32 Å². The van der Waals surface area contributed by atoms with E-state index in [2.05, 4.69) is 29.6 Å². The van der Waals surface area contributed by atoms with Crippen LogP contribution in [0, 0.1) is 0 Å². The molecule has 1 N–H and O–H groups in total. The highest BCUT2D eigenvalue weighted by Gasteiger charge is 2.46. The van der Waals surface area contributed by atoms with Crippen molar-refractivity contribution in [2.24, 2.45) is 0 Å². The van der Waals surface area contributed by atoms with Gasteiger partial charge in [0.1, 0.15) is 18.3 Å². The highest BCUT2D eigenvalue weighted by Crippen LogP contribution is 2.25. The minimum atomic E-state index is -4.46. The molecule has 0 aliphatic carbocycles. The summed E-state index contributed by atoms with van der Waals surface area (Å²) in [5, 5.41) is 1.95. The molecule has 1 saturated heterocycles. The molecule has 0 aromatic carbocycles. The first-order chi connectivity index (χ1) is 13.0. The maximum Gasteiger partial charge on any atom is 0.410 e. The number of carbonyl (C=O) groups is 1. The monoisotopic (exact) mass is 415 g/mol. The fourth-order valence-electron chi connectivity index (χ4n) is 2.81. The summed E-state index contributed by atoms with van der Waals surface area (Å²) in [5.74, 6) is 0. The zero-order valence-electron chi connectivity index (χ0n) is 16.1. The largest absolute Gasteiger partial charge is 0.410 e. The lowest BCUT2D eigenvalue weighted by atomic mass is 10.3. The van der Waals surface area contributed by atoms with Gasteiger partial charge in [0, 0.05) is 14.7 Å². The summed E-state index contributed by atoms with van der Waals surface area (Å²) in [4.78, 5) is 21.7. The Bertz CT molecular complexity index is 849. The SMILES string of the molecule is C[Si](C)(C)CCOCn1cnc2ccc(CN3CC(C(F)(F)F)NC3=O)nc21. The number of halogens is 3. The summed E-state index contributed by atoms with van der Waals surface area (Å²) >= 11 is 0. The number of hydrogen-bond donors (Lipinski definition) is 1. The second kappa shape index (κ2) is 7.70. The third-order valence-corrected chi connectivity index (χ3v) is 6.19. The van der Waals surface area contributed by atoms with E-state index in [1.807, 2.05) is 5.32 Å². The highest BCUT2D eigenvalue weighted by atomic mass is 28.3. The van der Waals surface area contributed by atoms with Crippen LogP contribution in [0.2, 0.25) is 25.7 Å². The molecule has 0 spiro atoms. The molecule has 0 radical (unpaired) electrons. The number of urea groups is 1. The van der Waals surface area contributed by atoms with Gasteiger partial charge in [-0.2, -0.15) is 13.2 Å². The smallest absolute Gasteiger partial charge is 0.361 e. The Morgan fingerprint density at radius 2 is 2.07 bits per heavy atom. The molecule has 1 unspecified atom stereocenters. The van der Waals surface area contributed by atoms with Crippen LogP contribution in [-0.2, 0) is 18.0 Å². The van der Waals surface area contributed by atoms with E-state index in [1.165, 1.54) is 0 Å². The lowest BCUT2D eigenvalue weighted by Gasteiger charge is -2.16. The summed E-state index contributed by atoms with van der Waals surface area (Å²) in [6.45, 7) is 7.34. The number of alkyl halides is 3. The Hall–Kier alpha value is -2.14. The lowest BCUT2D eigenvalue weighted by molar-refractivity contribution is -0.149. The fourth-order valence-corrected chi connectivity index (χ4v) is 3.57. The number of pyridine rings is 1. The molecule has 0 saturated carbocycles. The third-order valence-electron chi connectivity index (χ3n) is 4.48. The average molecular weight is 415 g/mol. The van der Waals surface area contributed by atoms with Crippen molar-refractivity contribution in [1.29, 1.82) is 0 Å². The summed E-state index contributed by atoms with van der Waals surface area (Å²) in [5.41, 5.74) is 1.74. The van der Waals surface area contributed by atoms with Crippen molar-refractivity contribution >= 4 is 25.3 Å². The van der Waals surface area contributed by atoms with Crippen LogP contribution in [0.25, 0.3) is 11.2 Å². The summed E-state index contributed by atoms with van der Waals surface area (Å²) in [6, 6.07) is 1.86. The summed E-state index contributed by atoms with van der Waals surface area (Å²) in [6.07, 6.45) is -2.84. The number of ether oxygens (including phenoxy) is 1. The molecule has 2 aromatic rings. The van der Waals surface area contributed by atoms with E-state index in [4.69, 9.17) is 4.74 Å². The van der Waals surface area contributed by atoms with Gasteiger partial charge in [0.25, 0.3) is 0 Å². The number of nitrogens with one attached hydrogen (secondary N) is 1.